The van der Waals surface area contributed by atoms with Gasteiger partial charge in [-0.25, -0.2) is 0 Å². The summed E-state index contributed by atoms with van der Waals surface area (Å²) in [6.07, 6.45) is -1.89. The molecule has 0 aliphatic carbocycles. The zero-order valence-corrected chi connectivity index (χ0v) is 13.0. The van der Waals surface area contributed by atoms with Crippen LogP contribution in [0.5, 0.6) is 0 Å². The lowest BCUT2D eigenvalue weighted by atomic mass is 9.89. The minimum atomic E-state index is -0.953. The fourth-order valence-corrected chi connectivity index (χ4v) is 2.77. The fraction of sp³-hybridized carbons (Fsp3) is 0.533. The Kier molecular flexibility index (Phi) is 5.59. The fourth-order valence-electron chi connectivity index (χ4n) is 2.18. The number of aliphatic hydroxyl groups is 2. The molecular formula is C15H22O3S. The Labute approximate surface area is 119 Å². The van der Waals surface area contributed by atoms with Crippen LogP contribution in [0.4, 0.5) is 0 Å². The topological polar surface area (TPSA) is 57.5 Å². The van der Waals surface area contributed by atoms with Crippen LogP contribution in [0.3, 0.4) is 0 Å². The number of thioether (sulfide) groups is 1. The quantitative estimate of drug-likeness (QED) is 0.891. The maximum atomic E-state index is 10.9. The Bertz CT molecular complexity index is 457. The van der Waals surface area contributed by atoms with E-state index in [1.807, 2.05) is 27.7 Å². The molecule has 2 N–H and O–H groups in total. The van der Waals surface area contributed by atoms with Crippen molar-refractivity contribution in [1.29, 1.82) is 0 Å². The van der Waals surface area contributed by atoms with Crippen LogP contribution in [0.25, 0.3) is 0 Å². The molecule has 106 valence electrons. The summed E-state index contributed by atoms with van der Waals surface area (Å²) in [5.74, 6) is 0.211. The number of rotatable bonds is 4. The van der Waals surface area contributed by atoms with Crippen molar-refractivity contribution in [3.05, 3.63) is 33.9 Å². The molecule has 0 aromatic heterocycles. The lowest BCUT2D eigenvalue weighted by Crippen LogP contribution is -2.23. The van der Waals surface area contributed by atoms with Crippen LogP contribution in [0.1, 0.15) is 40.8 Å². The molecule has 19 heavy (non-hydrogen) atoms. The van der Waals surface area contributed by atoms with Crippen LogP contribution in [-0.4, -0.2) is 27.2 Å². The van der Waals surface area contributed by atoms with Gasteiger partial charge >= 0.3 is 0 Å². The van der Waals surface area contributed by atoms with Crippen molar-refractivity contribution in [2.75, 3.05) is 5.75 Å². The summed E-state index contributed by atoms with van der Waals surface area (Å²) in [6.45, 7) is 9.34. The van der Waals surface area contributed by atoms with E-state index >= 15 is 0 Å². The number of benzene rings is 1. The van der Waals surface area contributed by atoms with Gasteiger partial charge in [0.1, 0.15) is 6.10 Å². The molecule has 0 saturated carbocycles. The smallest absolute Gasteiger partial charge is 0.185 e. The highest BCUT2D eigenvalue weighted by Gasteiger charge is 2.23. The van der Waals surface area contributed by atoms with Gasteiger partial charge in [0.25, 0.3) is 0 Å². The third kappa shape index (κ3) is 3.81. The van der Waals surface area contributed by atoms with Crippen LogP contribution in [0.2, 0.25) is 0 Å². The highest BCUT2D eigenvalue weighted by Crippen LogP contribution is 2.30. The molecular weight excluding hydrogens is 260 g/mol. The van der Waals surface area contributed by atoms with E-state index in [0.717, 1.165) is 39.6 Å². The molecule has 0 radical (unpaired) electrons. The predicted molar refractivity (Wildman–Crippen MR) is 79.5 cm³/mol. The number of hydrogen-bond donors (Lipinski definition) is 2. The van der Waals surface area contributed by atoms with Crippen molar-refractivity contribution in [2.45, 2.75) is 46.8 Å². The molecule has 3 nitrogen and oxygen atoms in total. The molecule has 0 bridgehead atoms. The van der Waals surface area contributed by atoms with Gasteiger partial charge in [0.2, 0.25) is 0 Å². The lowest BCUT2D eigenvalue weighted by molar-refractivity contribution is -0.109. The maximum absolute atomic E-state index is 10.9. The number of carbonyl (C=O) groups is 1. The molecule has 1 rings (SSSR count). The summed E-state index contributed by atoms with van der Waals surface area (Å²) in [4.78, 5) is 10.9. The molecule has 0 saturated heterocycles. The van der Waals surface area contributed by atoms with E-state index in [4.69, 9.17) is 0 Å². The summed E-state index contributed by atoms with van der Waals surface area (Å²) in [7, 11) is 0. The van der Waals surface area contributed by atoms with E-state index in [1.54, 1.807) is 0 Å². The van der Waals surface area contributed by atoms with E-state index < -0.39 is 12.2 Å². The zero-order valence-electron chi connectivity index (χ0n) is 12.2. The Morgan fingerprint density at radius 2 is 1.63 bits per heavy atom. The first-order chi connectivity index (χ1) is 8.75. The van der Waals surface area contributed by atoms with Crippen LogP contribution >= 0.6 is 11.8 Å². The molecule has 0 aliphatic heterocycles. The van der Waals surface area contributed by atoms with Gasteiger partial charge in [-0.3, -0.25) is 4.79 Å². The largest absolute Gasteiger partial charge is 0.389 e. The summed E-state index contributed by atoms with van der Waals surface area (Å²) < 4.78 is 0. The van der Waals surface area contributed by atoms with E-state index in [-0.39, 0.29) is 10.9 Å². The normalized spacial score (nSPS) is 14.3. The second-order valence-electron chi connectivity index (χ2n) is 4.99. The van der Waals surface area contributed by atoms with Crippen molar-refractivity contribution in [2.24, 2.45) is 0 Å². The van der Waals surface area contributed by atoms with E-state index in [1.165, 1.54) is 6.92 Å². The van der Waals surface area contributed by atoms with Crippen molar-refractivity contribution in [1.82, 2.24) is 0 Å². The molecule has 2 unspecified atom stereocenters. The predicted octanol–water partition coefficient (Wildman–Crippen LogP) is 2.59. The molecule has 0 heterocycles. The van der Waals surface area contributed by atoms with E-state index in [0.29, 0.717) is 0 Å². The first-order valence-electron chi connectivity index (χ1n) is 6.32. The molecule has 1 aromatic carbocycles. The van der Waals surface area contributed by atoms with Crippen molar-refractivity contribution in [3.8, 4) is 0 Å². The van der Waals surface area contributed by atoms with Gasteiger partial charge in [-0.1, -0.05) is 17.8 Å². The van der Waals surface area contributed by atoms with Gasteiger partial charge in [-0.05, 0) is 55.5 Å². The molecule has 0 fully saturated rings. The van der Waals surface area contributed by atoms with Gasteiger partial charge in [0.15, 0.2) is 5.12 Å². The van der Waals surface area contributed by atoms with Crippen molar-refractivity contribution in [3.63, 3.8) is 0 Å². The molecule has 1 aromatic rings. The van der Waals surface area contributed by atoms with Crippen LogP contribution in [-0.2, 0) is 4.79 Å². The standard InChI is InChI=1S/C15H22O3S/c1-8-6-9(2)11(4)14(10(8)3)15(18)13(17)7-19-12(5)16/h6,13,15,17-18H,7H2,1-5H3. The Morgan fingerprint density at radius 3 is 2.05 bits per heavy atom. The lowest BCUT2D eigenvalue weighted by Gasteiger charge is -2.23. The number of hydrogen-bond acceptors (Lipinski definition) is 4. The zero-order chi connectivity index (χ0) is 14.7. The van der Waals surface area contributed by atoms with E-state index in [2.05, 4.69) is 6.07 Å². The number of aryl methyl sites for hydroxylation is 2. The Hall–Kier alpha value is -0.840. The summed E-state index contributed by atoms with van der Waals surface area (Å²) in [5, 5.41) is 20.3. The van der Waals surface area contributed by atoms with E-state index in [9.17, 15) is 15.0 Å². The minimum Gasteiger partial charge on any atom is -0.389 e. The average molecular weight is 282 g/mol. The first-order valence-corrected chi connectivity index (χ1v) is 7.31. The maximum Gasteiger partial charge on any atom is 0.185 e. The highest BCUT2D eigenvalue weighted by atomic mass is 32.2. The Morgan fingerprint density at radius 1 is 1.16 bits per heavy atom. The third-order valence-electron chi connectivity index (χ3n) is 3.54. The number of carbonyl (C=O) groups excluding carboxylic acids is 1. The summed E-state index contributed by atoms with van der Waals surface area (Å²) in [5.41, 5.74) is 4.99. The van der Waals surface area contributed by atoms with Gasteiger partial charge in [-0.2, -0.15) is 0 Å². The van der Waals surface area contributed by atoms with Crippen molar-refractivity contribution < 1.29 is 15.0 Å². The van der Waals surface area contributed by atoms with Gasteiger partial charge in [0.05, 0.1) is 6.10 Å². The van der Waals surface area contributed by atoms with Crippen LogP contribution in [0, 0.1) is 27.7 Å². The second-order valence-corrected chi connectivity index (χ2v) is 6.19. The van der Waals surface area contributed by atoms with Gasteiger partial charge in [0, 0.05) is 12.7 Å². The van der Waals surface area contributed by atoms with Crippen LogP contribution < -0.4 is 0 Å². The molecule has 0 aliphatic rings. The summed E-state index contributed by atoms with van der Waals surface area (Å²) in [6, 6.07) is 2.08. The number of aliphatic hydroxyl groups excluding tert-OH is 2. The Balaban J connectivity index is 3.05. The monoisotopic (exact) mass is 282 g/mol. The van der Waals surface area contributed by atoms with Crippen LogP contribution in [0.15, 0.2) is 6.07 Å². The van der Waals surface area contributed by atoms with Crippen molar-refractivity contribution >= 4 is 16.9 Å². The summed E-state index contributed by atoms with van der Waals surface area (Å²) >= 11 is 1.03. The second kappa shape index (κ2) is 6.55. The molecule has 4 heteroatoms. The highest BCUT2D eigenvalue weighted by molar-refractivity contribution is 8.13. The molecule has 2 atom stereocenters. The average Bonchev–Trinajstić information content (AvgIpc) is 2.33. The first kappa shape index (κ1) is 16.2. The SMILES string of the molecule is CC(=O)SCC(O)C(O)c1c(C)c(C)cc(C)c1C. The third-order valence-corrected chi connectivity index (χ3v) is 4.46. The van der Waals surface area contributed by atoms with Gasteiger partial charge in [-0.15, -0.1) is 0 Å². The molecule has 0 amide bonds. The minimum absolute atomic E-state index is 0.0554. The van der Waals surface area contributed by atoms with Gasteiger partial charge < -0.3 is 10.2 Å². The molecule has 0 spiro atoms.